The van der Waals surface area contributed by atoms with Crippen LogP contribution >= 0.6 is 11.3 Å². The van der Waals surface area contributed by atoms with Crippen LogP contribution in [0.15, 0.2) is 18.6 Å². The van der Waals surface area contributed by atoms with Gasteiger partial charge in [0.15, 0.2) is 5.01 Å². The average Bonchev–Trinajstić information content (AvgIpc) is 3.01. The van der Waals surface area contributed by atoms with E-state index in [1.807, 2.05) is 0 Å². The first-order valence-corrected chi connectivity index (χ1v) is 8.09. The third kappa shape index (κ3) is 4.81. The number of amides is 1. The molecule has 118 valence electrons. The van der Waals surface area contributed by atoms with Crippen LogP contribution in [0.4, 0.5) is 0 Å². The van der Waals surface area contributed by atoms with Crippen molar-refractivity contribution in [3.05, 3.63) is 23.6 Å². The fraction of sp³-hybridized carbons (Fsp3) is 0.500. The normalized spacial score (nSPS) is 12.1. The minimum atomic E-state index is -0.108. The predicted octanol–water partition coefficient (Wildman–Crippen LogP) is 1.69. The van der Waals surface area contributed by atoms with E-state index < -0.39 is 0 Å². The standard InChI is InChI=1S/C14H20N6OS/c1-10(21)18-12(5-3-2-4-7-15)14-20-19-13(22-14)11-6-8-16-9-17-11/h6,8-9,12H,2-5,7,15H2,1H3,(H,18,21)/t12-/m0/s1. The molecule has 8 heteroatoms. The second kappa shape index (κ2) is 8.50. The molecule has 0 aliphatic heterocycles. The second-order valence-corrected chi connectivity index (χ2v) is 5.94. The lowest BCUT2D eigenvalue weighted by molar-refractivity contribution is -0.119. The molecular weight excluding hydrogens is 300 g/mol. The first-order valence-electron chi connectivity index (χ1n) is 7.27. The summed E-state index contributed by atoms with van der Waals surface area (Å²) in [6.45, 7) is 2.21. The van der Waals surface area contributed by atoms with Crippen molar-refractivity contribution in [1.29, 1.82) is 0 Å². The van der Waals surface area contributed by atoms with Gasteiger partial charge in [0.1, 0.15) is 17.0 Å². The highest BCUT2D eigenvalue weighted by atomic mass is 32.1. The molecule has 2 aromatic heterocycles. The van der Waals surface area contributed by atoms with Crippen LogP contribution < -0.4 is 11.1 Å². The van der Waals surface area contributed by atoms with Crippen LogP contribution in [0.5, 0.6) is 0 Å². The van der Waals surface area contributed by atoms with Gasteiger partial charge in [-0.1, -0.05) is 24.2 Å². The van der Waals surface area contributed by atoms with Crippen molar-refractivity contribution in [2.75, 3.05) is 6.54 Å². The molecule has 2 rings (SSSR count). The number of hydrogen-bond acceptors (Lipinski definition) is 7. The van der Waals surface area contributed by atoms with Crippen LogP contribution in [-0.2, 0) is 4.79 Å². The fourth-order valence-corrected chi connectivity index (χ4v) is 2.97. The van der Waals surface area contributed by atoms with E-state index >= 15 is 0 Å². The Morgan fingerprint density at radius 2 is 2.23 bits per heavy atom. The molecule has 1 atom stereocenters. The topological polar surface area (TPSA) is 107 Å². The van der Waals surface area contributed by atoms with Crippen LogP contribution in [0.25, 0.3) is 10.7 Å². The van der Waals surface area contributed by atoms with Crippen molar-refractivity contribution in [3.8, 4) is 10.7 Å². The highest BCUT2D eigenvalue weighted by Crippen LogP contribution is 2.27. The Hall–Kier alpha value is -1.93. The zero-order chi connectivity index (χ0) is 15.8. The molecule has 0 radical (unpaired) electrons. The van der Waals surface area contributed by atoms with Gasteiger partial charge in [-0.3, -0.25) is 4.79 Å². The highest BCUT2D eigenvalue weighted by Gasteiger charge is 2.18. The Balaban J connectivity index is 2.07. The average molecular weight is 320 g/mol. The van der Waals surface area contributed by atoms with Gasteiger partial charge in [0.25, 0.3) is 0 Å². The number of aromatic nitrogens is 4. The molecule has 0 saturated heterocycles. The molecule has 7 nitrogen and oxygen atoms in total. The summed E-state index contributed by atoms with van der Waals surface area (Å²) in [6, 6.07) is 1.68. The van der Waals surface area contributed by atoms with Crippen LogP contribution in [-0.4, -0.2) is 32.6 Å². The van der Waals surface area contributed by atoms with E-state index in [-0.39, 0.29) is 11.9 Å². The van der Waals surface area contributed by atoms with Gasteiger partial charge < -0.3 is 11.1 Å². The summed E-state index contributed by atoms with van der Waals surface area (Å²) in [4.78, 5) is 19.5. The molecule has 0 bridgehead atoms. The van der Waals surface area contributed by atoms with Crippen molar-refractivity contribution in [3.63, 3.8) is 0 Å². The third-order valence-corrected chi connectivity index (χ3v) is 4.17. The molecule has 0 aliphatic carbocycles. The Morgan fingerprint density at radius 1 is 1.36 bits per heavy atom. The van der Waals surface area contributed by atoms with Gasteiger partial charge in [0.05, 0.1) is 6.04 Å². The van der Waals surface area contributed by atoms with Gasteiger partial charge in [0, 0.05) is 13.1 Å². The molecule has 0 spiro atoms. The number of nitrogens with two attached hydrogens (primary N) is 1. The smallest absolute Gasteiger partial charge is 0.217 e. The van der Waals surface area contributed by atoms with E-state index in [0.717, 1.165) is 41.4 Å². The lowest BCUT2D eigenvalue weighted by Crippen LogP contribution is -2.26. The van der Waals surface area contributed by atoms with Crippen LogP contribution in [0.3, 0.4) is 0 Å². The summed E-state index contributed by atoms with van der Waals surface area (Å²) in [6.07, 6.45) is 7.01. The Labute approximate surface area is 133 Å². The van der Waals surface area contributed by atoms with Crippen LogP contribution in [0.2, 0.25) is 0 Å². The molecule has 0 fully saturated rings. The van der Waals surface area contributed by atoms with Gasteiger partial charge in [-0.25, -0.2) is 9.97 Å². The highest BCUT2D eigenvalue weighted by molar-refractivity contribution is 7.14. The number of nitrogens with zero attached hydrogens (tertiary/aromatic N) is 4. The molecule has 0 unspecified atom stereocenters. The molecule has 0 aliphatic rings. The molecule has 22 heavy (non-hydrogen) atoms. The summed E-state index contributed by atoms with van der Waals surface area (Å²) in [5.41, 5.74) is 6.24. The monoisotopic (exact) mass is 320 g/mol. The van der Waals surface area contributed by atoms with Crippen LogP contribution in [0.1, 0.15) is 43.7 Å². The molecule has 1 amide bonds. The Bertz CT molecular complexity index is 588. The summed E-state index contributed by atoms with van der Waals surface area (Å²) in [5, 5.41) is 12.9. The van der Waals surface area contributed by atoms with Crippen molar-refractivity contribution in [2.45, 2.75) is 38.6 Å². The van der Waals surface area contributed by atoms with Gasteiger partial charge in [0.2, 0.25) is 5.91 Å². The number of hydrogen-bond donors (Lipinski definition) is 2. The first-order chi connectivity index (χ1) is 10.7. The van der Waals surface area contributed by atoms with Crippen molar-refractivity contribution in [2.24, 2.45) is 5.73 Å². The summed E-state index contributed by atoms with van der Waals surface area (Å²) >= 11 is 1.45. The van der Waals surface area contributed by atoms with Crippen molar-refractivity contribution in [1.82, 2.24) is 25.5 Å². The van der Waals surface area contributed by atoms with Gasteiger partial charge >= 0.3 is 0 Å². The van der Waals surface area contributed by atoms with E-state index in [4.69, 9.17) is 5.73 Å². The quantitative estimate of drug-likeness (QED) is 0.717. The SMILES string of the molecule is CC(=O)N[C@@H](CCCCCN)c1nnc(-c2ccncn2)s1. The fourth-order valence-electron chi connectivity index (χ4n) is 2.07. The molecule has 0 saturated carbocycles. The minimum absolute atomic E-state index is 0.0670. The number of nitrogens with one attached hydrogen (secondary N) is 1. The lowest BCUT2D eigenvalue weighted by atomic mass is 10.1. The lowest BCUT2D eigenvalue weighted by Gasteiger charge is -2.14. The molecule has 3 N–H and O–H groups in total. The largest absolute Gasteiger partial charge is 0.347 e. The summed E-state index contributed by atoms with van der Waals surface area (Å²) in [7, 11) is 0. The maximum atomic E-state index is 11.4. The third-order valence-electron chi connectivity index (χ3n) is 3.11. The number of rotatable bonds is 8. The molecular formula is C14H20N6OS. The molecule has 2 heterocycles. The molecule has 0 aromatic carbocycles. The van der Waals surface area contributed by atoms with E-state index in [1.165, 1.54) is 24.6 Å². The first kappa shape index (κ1) is 16.4. The van der Waals surface area contributed by atoms with E-state index in [1.54, 1.807) is 12.3 Å². The summed E-state index contributed by atoms with van der Waals surface area (Å²) in [5.74, 6) is -0.0670. The zero-order valence-corrected chi connectivity index (χ0v) is 13.3. The minimum Gasteiger partial charge on any atom is -0.347 e. The zero-order valence-electron chi connectivity index (χ0n) is 12.5. The summed E-state index contributed by atoms with van der Waals surface area (Å²) < 4.78 is 0. The van der Waals surface area contributed by atoms with E-state index in [2.05, 4.69) is 25.5 Å². The van der Waals surface area contributed by atoms with E-state index in [0.29, 0.717) is 6.54 Å². The van der Waals surface area contributed by atoms with Gasteiger partial charge in [-0.05, 0) is 25.5 Å². The van der Waals surface area contributed by atoms with Crippen molar-refractivity contribution < 1.29 is 4.79 Å². The number of unbranched alkanes of at least 4 members (excludes halogenated alkanes) is 2. The maximum Gasteiger partial charge on any atom is 0.217 e. The predicted molar refractivity (Wildman–Crippen MR) is 85.0 cm³/mol. The van der Waals surface area contributed by atoms with Crippen molar-refractivity contribution >= 4 is 17.2 Å². The van der Waals surface area contributed by atoms with Gasteiger partial charge in [-0.15, -0.1) is 10.2 Å². The molecule has 2 aromatic rings. The maximum absolute atomic E-state index is 11.4. The van der Waals surface area contributed by atoms with Crippen LogP contribution in [0, 0.1) is 0 Å². The number of carbonyl (C=O) groups excluding carboxylic acids is 1. The Morgan fingerprint density at radius 3 is 2.91 bits per heavy atom. The Kier molecular flexibility index (Phi) is 6.35. The number of carbonyl (C=O) groups is 1. The van der Waals surface area contributed by atoms with E-state index in [9.17, 15) is 4.79 Å². The second-order valence-electron chi connectivity index (χ2n) is 4.93. The van der Waals surface area contributed by atoms with Gasteiger partial charge in [-0.2, -0.15) is 0 Å².